The normalized spacial score (nSPS) is 19.1. The molecule has 0 bridgehead atoms. The Morgan fingerprint density at radius 1 is 1.42 bits per heavy atom. The third-order valence-corrected chi connectivity index (χ3v) is 2.03. The number of hydrogen-bond donors (Lipinski definition) is 2. The van der Waals surface area contributed by atoms with Crippen LogP contribution in [0.2, 0.25) is 0 Å². The molecule has 0 atom stereocenters. The van der Waals surface area contributed by atoms with Gasteiger partial charge in [0.2, 0.25) is 0 Å². The van der Waals surface area contributed by atoms with Crippen LogP contribution in [0.3, 0.4) is 0 Å². The molecule has 0 fully saturated rings. The number of nitrogens with one attached hydrogen (secondary N) is 1. The summed E-state index contributed by atoms with van der Waals surface area (Å²) in [7, 11) is 3.95. The van der Waals surface area contributed by atoms with E-state index in [0.717, 1.165) is 6.42 Å². The summed E-state index contributed by atoms with van der Waals surface area (Å²) in [6.07, 6.45) is 2.08. The molecule has 0 spiro atoms. The van der Waals surface area contributed by atoms with Crippen molar-refractivity contribution in [1.82, 2.24) is 0 Å². The average molecular weight is 170 g/mol. The van der Waals surface area contributed by atoms with Gasteiger partial charge >= 0.3 is 0 Å². The maximum atomic E-state index is 11.3. The summed E-state index contributed by atoms with van der Waals surface area (Å²) in [6.45, 7) is 0.644. The Morgan fingerprint density at radius 3 is 2.58 bits per heavy atom. The van der Waals surface area contributed by atoms with Crippen molar-refractivity contribution in [1.29, 1.82) is 0 Å². The van der Waals surface area contributed by atoms with Crippen molar-refractivity contribution >= 4 is 5.78 Å². The first-order valence-corrected chi connectivity index (χ1v) is 4.34. The van der Waals surface area contributed by atoms with E-state index in [2.05, 4.69) is 0 Å². The number of aliphatic hydroxyl groups is 1. The Kier molecular flexibility index (Phi) is 2.87. The van der Waals surface area contributed by atoms with Gasteiger partial charge in [-0.05, 0) is 6.42 Å². The molecule has 68 valence electrons. The molecule has 0 amide bonds. The molecular weight excluding hydrogens is 154 g/mol. The first kappa shape index (κ1) is 9.26. The lowest BCUT2D eigenvalue weighted by Gasteiger charge is -2.16. The van der Waals surface area contributed by atoms with Gasteiger partial charge in [0.15, 0.2) is 5.78 Å². The molecule has 0 aromatic rings. The molecular formula is C9H16NO2+. The Hall–Kier alpha value is -0.830. The lowest BCUT2D eigenvalue weighted by molar-refractivity contribution is -0.852. The van der Waals surface area contributed by atoms with E-state index in [9.17, 15) is 9.90 Å². The Morgan fingerprint density at radius 2 is 2.08 bits per heavy atom. The summed E-state index contributed by atoms with van der Waals surface area (Å²) in [4.78, 5) is 12.5. The van der Waals surface area contributed by atoms with Crippen LogP contribution >= 0.6 is 0 Å². The quantitative estimate of drug-likeness (QED) is 0.597. The summed E-state index contributed by atoms with van der Waals surface area (Å²) in [5.74, 6) is 0.437. The Bertz CT molecular complexity index is 219. The van der Waals surface area contributed by atoms with E-state index in [1.165, 1.54) is 4.90 Å². The van der Waals surface area contributed by atoms with Crippen LogP contribution in [0.15, 0.2) is 11.3 Å². The highest BCUT2D eigenvalue weighted by Crippen LogP contribution is 2.18. The maximum absolute atomic E-state index is 11.3. The smallest absolute Gasteiger partial charge is 0.167 e. The monoisotopic (exact) mass is 170 g/mol. The van der Waals surface area contributed by atoms with E-state index in [4.69, 9.17) is 0 Å². The maximum Gasteiger partial charge on any atom is 0.167 e. The van der Waals surface area contributed by atoms with Crippen LogP contribution in [0.1, 0.15) is 19.3 Å². The van der Waals surface area contributed by atoms with Gasteiger partial charge in [-0.15, -0.1) is 0 Å². The third kappa shape index (κ3) is 2.08. The largest absolute Gasteiger partial charge is 0.512 e. The number of hydrogen-bond acceptors (Lipinski definition) is 2. The molecule has 0 heterocycles. The molecule has 3 nitrogen and oxygen atoms in total. The number of aliphatic hydroxyl groups excluding tert-OH is 1. The zero-order valence-electron chi connectivity index (χ0n) is 7.68. The number of ketones is 1. The fraction of sp³-hybridized carbons (Fsp3) is 0.667. The fourth-order valence-corrected chi connectivity index (χ4v) is 1.43. The minimum Gasteiger partial charge on any atom is -0.512 e. The molecule has 0 radical (unpaired) electrons. The van der Waals surface area contributed by atoms with Crippen molar-refractivity contribution in [2.45, 2.75) is 19.3 Å². The molecule has 0 aromatic heterocycles. The number of likely N-dealkylation sites (N-methyl/N-ethyl adjacent to an activating group) is 1. The first-order chi connectivity index (χ1) is 5.61. The number of carbonyl (C=O) groups is 1. The summed E-state index contributed by atoms with van der Waals surface area (Å²) in [5, 5.41) is 9.43. The van der Waals surface area contributed by atoms with E-state index >= 15 is 0 Å². The topological polar surface area (TPSA) is 41.7 Å². The van der Waals surface area contributed by atoms with Crippen LogP contribution in [0, 0.1) is 0 Å². The molecule has 1 aliphatic rings. The van der Waals surface area contributed by atoms with E-state index in [1.54, 1.807) is 0 Å². The van der Waals surface area contributed by atoms with Crippen LogP contribution < -0.4 is 4.90 Å². The van der Waals surface area contributed by atoms with Crippen LogP contribution in [-0.4, -0.2) is 31.5 Å². The van der Waals surface area contributed by atoms with Gasteiger partial charge in [-0.1, -0.05) is 0 Å². The second-order valence-corrected chi connectivity index (χ2v) is 3.59. The van der Waals surface area contributed by atoms with Crippen molar-refractivity contribution in [3.05, 3.63) is 11.3 Å². The minimum atomic E-state index is 0.125. The molecule has 0 aromatic carbocycles. The van der Waals surface area contributed by atoms with E-state index in [0.29, 0.717) is 30.7 Å². The van der Waals surface area contributed by atoms with Crippen LogP contribution in [0.4, 0.5) is 0 Å². The molecule has 0 saturated heterocycles. The predicted molar refractivity (Wildman–Crippen MR) is 46.2 cm³/mol. The van der Waals surface area contributed by atoms with E-state index < -0.39 is 0 Å². The van der Waals surface area contributed by atoms with Gasteiger partial charge in [-0.25, -0.2) is 0 Å². The van der Waals surface area contributed by atoms with Gasteiger partial charge in [0.25, 0.3) is 0 Å². The average Bonchev–Trinajstić information content (AvgIpc) is 1.97. The van der Waals surface area contributed by atoms with E-state index in [1.807, 2.05) is 14.1 Å². The van der Waals surface area contributed by atoms with Gasteiger partial charge in [0.1, 0.15) is 12.3 Å². The second-order valence-electron chi connectivity index (χ2n) is 3.59. The highest BCUT2D eigenvalue weighted by molar-refractivity contribution is 5.96. The first-order valence-electron chi connectivity index (χ1n) is 4.34. The fourth-order valence-electron chi connectivity index (χ4n) is 1.43. The summed E-state index contributed by atoms with van der Waals surface area (Å²) in [5.41, 5.74) is 0.640. The number of allylic oxidation sites excluding steroid dienone is 1. The van der Waals surface area contributed by atoms with Gasteiger partial charge in [0.05, 0.1) is 19.7 Å². The minimum absolute atomic E-state index is 0.125. The highest BCUT2D eigenvalue weighted by atomic mass is 16.3. The third-order valence-electron chi connectivity index (χ3n) is 2.03. The standard InChI is InChI=1S/C9H15NO2/c1-10(2)6-7-8(11)4-3-5-9(7)12/h11H,3-6H2,1-2H3/p+1. The van der Waals surface area contributed by atoms with Crippen molar-refractivity contribution in [3.8, 4) is 0 Å². The zero-order valence-corrected chi connectivity index (χ0v) is 7.68. The van der Waals surface area contributed by atoms with Crippen LogP contribution in [0.5, 0.6) is 0 Å². The van der Waals surface area contributed by atoms with Gasteiger partial charge in [-0.3, -0.25) is 4.79 Å². The Labute approximate surface area is 72.7 Å². The van der Waals surface area contributed by atoms with Crippen molar-refractivity contribution < 1.29 is 14.8 Å². The molecule has 0 saturated carbocycles. The van der Waals surface area contributed by atoms with Crippen LogP contribution in [0.25, 0.3) is 0 Å². The summed E-state index contributed by atoms with van der Waals surface area (Å²) >= 11 is 0. The number of carbonyl (C=O) groups excluding carboxylic acids is 1. The molecule has 0 aliphatic heterocycles. The van der Waals surface area contributed by atoms with Crippen molar-refractivity contribution in [3.63, 3.8) is 0 Å². The molecule has 2 N–H and O–H groups in total. The van der Waals surface area contributed by atoms with Gasteiger partial charge in [0, 0.05) is 12.8 Å². The Balaban J connectivity index is 2.74. The second kappa shape index (κ2) is 3.72. The molecule has 3 heteroatoms. The van der Waals surface area contributed by atoms with Crippen molar-refractivity contribution in [2.24, 2.45) is 0 Å². The predicted octanol–water partition coefficient (Wildman–Crippen LogP) is -0.304. The molecule has 1 rings (SSSR count). The summed E-state index contributed by atoms with van der Waals surface area (Å²) in [6, 6.07) is 0. The lowest BCUT2D eigenvalue weighted by Crippen LogP contribution is -3.06. The summed E-state index contributed by atoms with van der Waals surface area (Å²) < 4.78 is 0. The van der Waals surface area contributed by atoms with Gasteiger partial charge in [-0.2, -0.15) is 0 Å². The number of Topliss-reactive ketones (excluding diaryl/α,β-unsaturated/α-hetero) is 1. The molecule has 1 aliphatic carbocycles. The van der Waals surface area contributed by atoms with Gasteiger partial charge < -0.3 is 10.0 Å². The van der Waals surface area contributed by atoms with Crippen LogP contribution in [-0.2, 0) is 4.79 Å². The van der Waals surface area contributed by atoms with Crippen molar-refractivity contribution in [2.75, 3.05) is 20.6 Å². The number of rotatable bonds is 2. The van der Waals surface area contributed by atoms with E-state index in [-0.39, 0.29) is 5.78 Å². The lowest BCUT2D eigenvalue weighted by atomic mass is 9.96. The molecule has 12 heavy (non-hydrogen) atoms. The number of quaternary nitrogens is 1. The SMILES string of the molecule is C[NH+](C)CC1=C(O)CCCC1=O. The highest BCUT2D eigenvalue weighted by Gasteiger charge is 2.21. The molecule has 0 unspecified atom stereocenters. The zero-order chi connectivity index (χ0) is 9.14.